The van der Waals surface area contributed by atoms with Crippen molar-refractivity contribution in [3.8, 4) is 0 Å². The molecule has 0 aliphatic heterocycles. The van der Waals surface area contributed by atoms with Crippen molar-refractivity contribution in [2.24, 2.45) is 0 Å². The van der Waals surface area contributed by atoms with E-state index in [9.17, 15) is 35.6 Å². The van der Waals surface area contributed by atoms with Gasteiger partial charge in [-0.15, -0.1) is 0 Å². The maximum absolute atomic E-state index is 13.4. The summed E-state index contributed by atoms with van der Waals surface area (Å²) in [5.41, 5.74) is -1.31. The monoisotopic (exact) mass is 476 g/mol. The number of alkyl carbamates (subject to hydrolysis) is 1. The molecule has 0 saturated carbocycles. The second-order valence-corrected chi connectivity index (χ2v) is 9.12. The lowest BCUT2D eigenvalue weighted by Crippen LogP contribution is -2.45. The van der Waals surface area contributed by atoms with E-state index < -0.39 is 51.2 Å². The Morgan fingerprint density at radius 2 is 1.75 bits per heavy atom. The topological polar surface area (TPSA) is 102 Å². The molecular formula is C20H20F4N2O5S. The molecule has 2 amide bonds. The minimum atomic E-state index is -4.99. The molecule has 2 aromatic carbocycles. The van der Waals surface area contributed by atoms with Crippen LogP contribution in [0, 0.1) is 5.82 Å². The summed E-state index contributed by atoms with van der Waals surface area (Å²) in [4.78, 5) is 24.6. The molecule has 12 heteroatoms. The number of benzene rings is 2. The van der Waals surface area contributed by atoms with Crippen LogP contribution in [0.25, 0.3) is 0 Å². The second kappa shape index (κ2) is 10.4. The smallest absolute Gasteiger partial charge is 0.419 e. The van der Waals surface area contributed by atoms with E-state index in [1.165, 1.54) is 0 Å². The van der Waals surface area contributed by atoms with Gasteiger partial charge in [-0.2, -0.15) is 13.2 Å². The Hall–Kier alpha value is -3.15. The van der Waals surface area contributed by atoms with Crippen molar-refractivity contribution in [1.82, 2.24) is 5.32 Å². The van der Waals surface area contributed by atoms with Gasteiger partial charge in [-0.3, -0.25) is 4.79 Å². The highest BCUT2D eigenvalue weighted by Gasteiger charge is 2.34. The van der Waals surface area contributed by atoms with Crippen LogP contribution in [0.15, 0.2) is 48.5 Å². The molecule has 0 heterocycles. The molecule has 174 valence electrons. The molecule has 32 heavy (non-hydrogen) atoms. The number of halogens is 4. The van der Waals surface area contributed by atoms with Gasteiger partial charge in [0.25, 0.3) is 0 Å². The van der Waals surface area contributed by atoms with E-state index in [1.54, 1.807) is 30.3 Å². The van der Waals surface area contributed by atoms with Gasteiger partial charge in [-0.1, -0.05) is 30.3 Å². The summed E-state index contributed by atoms with van der Waals surface area (Å²) in [6.07, 6.45) is -5.46. The average molecular weight is 476 g/mol. The third-order valence-electron chi connectivity index (χ3n) is 4.14. The van der Waals surface area contributed by atoms with Gasteiger partial charge in [0.1, 0.15) is 28.3 Å². The van der Waals surface area contributed by atoms with Crippen LogP contribution in [0.3, 0.4) is 0 Å². The molecule has 0 bridgehead atoms. The van der Waals surface area contributed by atoms with Crippen LogP contribution in [0.4, 0.5) is 28.0 Å². The number of carbonyl (C=O) groups is 2. The van der Waals surface area contributed by atoms with Crippen molar-refractivity contribution in [2.75, 3.05) is 17.3 Å². The van der Waals surface area contributed by atoms with Crippen molar-refractivity contribution in [3.63, 3.8) is 0 Å². The Morgan fingerprint density at radius 1 is 1.09 bits per heavy atom. The van der Waals surface area contributed by atoms with E-state index in [4.69, 9.17) is 4.74 Å². The first-order valence-corrected chi connectivity index (χ1v) is 11.2. The van der Waals surface area contributed by atoms with Crippen LogP contribution in [-0.2, 0) is 32.2 Å². The summed E-state index contributed by atoms with van der Waals surface area (Å²) in [5.74, 6) is -3.00. The summed E-state index contributed by atoms with van der Waals surface area (Å²) in [6, 6.07) is 8.97. The van der Waals surface area contributed by atoms with Gasteiger partial charge < -0.3 is 15.4 Å². The number of hydrogen-bond donors (Lipinski definition) is 2. The van der Waals surface area contributed by atoms with Crippen LogP contribution in [0.1, 0.15) is 17.5 Å². The lowest BCUT2D eigenvalue weighted by molar-refractivity contribution is -0.140. The molecule has 2 rings (SSSR count). The van der Waals surface area contributed by atoms with Gasteiger partial charge in [0.15, 0.2) is 0 Å². The molecule has 1 unspecified atom stereocenters. The zero-order valence-corrected chi connectivity index (χ0v) is 17.6. The van der Waals surface area contributed by atoms with Gasteiger partial charge in [-0.05, 0) is 30.2 Å². The third kappa shape index (κ3) is 8.17. The quantitative estimate of drug-likeness (QED) is 0.568. The van der Waals surface area contributed by atoms with Crippen molar-refractivity contribution in [1.29, 1.82) is 0 Å². The van der Waals surface area contributed by atoms with Crippen LogP contribution in [0.5, 0.6) is 0 Å². The number of hydrogen-bond acceptors (Lipinski definition) is 5. The molecule has 2 N–H and O–H groups in total. The van der Waals surface area contributed by atoms with Crippen molar-refractivity contribution in [3.05, 3.63) is 65.5 Å². The standard InChI is InChI=1S/C20H20F4N2O5S/c1-32(29,30)10-9-17(26-19(28)31-12-13-5-3-2-4-6-13)18(27)25-14-7-8-16(21)15(11-14)20(22,23)24/h2-8,11,17H,9-10,12H2,1H3,(H,25,27)(H,26,28). The highest BCUT2D eigenvalue weighted by Crippen LogP contribution is 2.33. The number of alkyl halides is 3. The lowest BCUT2D eigenvalue weighted by Gasteiger charge is -2.19. The number of anilines is 1. The number of nitrogens with one attached hydrogen (secondary N) is 2. The van der Waals surface area contributed by atoms with Crippen LogP contribution < -0.4 is 10.6 Å². The maximum Gasteiger partial charge on any atom is 0.419 e. The fraction of sp³-hybridized carbons (Fsp3) is 0.300. The highest BCUT2D eigenvalue weighted by atomic mass is 32.2. The molecule has 0 aliphatic rings. The fourth-order valence-corrected chi connectivity index (χ4v) is 3.22. The summed E-state index contributed by atoms with van der Waals surface area (Å²) in [5, 5.41) is 4.33. The largest absolute Gasteiger partial charge is 0.445 e. The average Bonchev–Trinajstić information content (AvgIpc) is 2.70. The maximum atomic E-state index is 13.4. The lowest BCUT2D eigenvalue weighted by atomic mass is 10.1. The number of amides is 2. The molecule has 0 radical (unpaired) electrons. The molecule has 7 nitrogen and oxygen atoms in total. The molecule has 0 fully saturated rings. The Kier molecular flexibility index (Phi) is 8.19. The predicted octanol–water partition coefficient (Wildman–Crippen LogP) is 3.51. The Balaban J connectivity index is 2.11. The summed E-state index contributed by atoms with van der Waals surface area (Å²) >= 11 is 0. The summed E-state index contributed by atoms with van der Waals surface area (Å²) in [6.45, 7) is -0.125. The van der Waals surface area contributed by atoms with Crippen LogP contribution in [-0.4, -0.2) is 38.5 Å². The van der Waals surface area contributed by atoms with E-state index >= 15 is 0 Å². The molecule has 0 saturated heterocycles. The van der Waals surface area contributed by atoms with Gasteiger partial charge in [0.05, 0.1) is 11.3 Å². The Bertz CT molecular complexity index is 1060. The second-order valence-electron chi connectivity index (χ2n) is 6.86. The van der Waals surface area contributed by atoms with Crippen molar-refractivity contribution < 1.29 is 40.3 Å². The zero-order valence-electron chi connectivity index (χ0n) is 16.8. The molecule has 0 aromatic heterocycles. The molecule has 0 spiro atoms. The Labute approximate surface area is 181 Å². The number of rotatable bonds is 8. The first-order chi connectivity index (χ1) is 14.8. The number of ether oxygens (including phenoxy) is 1. The van der Waals surface area contributed by atoms with Crippen molar-refractivity contribution in [2.45, 2.75) is 25.2 Å². The summed E-state index contributed by atoms with van der Waals surface area (Å²) in [7, 11) is -3.52. The zero-order chi connectivity index (χ0) is 23.9. The number of carbonyl (C=O) groups excluding carboxylic acids is 2. The normalized spacial score (nSPS) is 12.7. The van der Waals surface area contributed by atoms with E-state index in [1.807, 2.05) is 0 Å². The first-order valence-electron chi connectivity index (χ1n) is 9.18. The van der Waals surface area contributed by atoms with E-state index in [0.717, 1.165) is 12.3 Å². The van der Waals surface area contributed by atoms with Gasteiger partial charge in [-0.25, -0.2) is 17.6 Å². The van der Waals surface area contributed by atoms with Gasteiger partial charge in [0, 0.05) is 11.9 Å². The fourth-order valence-electron chi connectivity index (χ4n) is 2.56. The predicted molar refractivity (Wildman–Crippen MR) is 108 cm³/mol. The first kappa shape index (κ1) is 25.1. The van der Waals surface area contributed by atoms with E-state index in [2.05, 4.69) is 10.6 Å². The van der Waals surface area contributed by atoms with Gasteiger partial charge in [0.2, 0.25) is 5.91 Å². The minimum Gasteiger partial charge on any atom is -0.445 e. The third-order valence-corrected chi connectivity index (χ3v) is 5.12. The van der Waals surface area contributed by atoms with Crippen molar-refractivity contribution >= 4 is 27.5 Å². The molecular weight excluding hydrogens is 456 g/mol. The van der Waals surface area contributed by atoms with Gasteiger partial charge >= 0.3 is 12.3 Å². The van der Waals surface area contributed by atoms with Crippen LogP contribution in [0.2, 0.25) is 0 Å². The van der Waals surface area contributed by atoms with E-state index in [-0.39, 0.29) is 18.7 Å². The molecule has 2 aromatic rings. The SMILES string of the molecule is CS(=O)(=O)CCC(NC(=O)OCc1ccccc1)C(=O)Nc1ccc(F)c(C(F)(F)F)c1. The molecule has 0 aliphatic carbocycles. The Morgan fingerprint density at radius 3 is 2.34 bits per heavy atom. The molecule has 1 atom stereocenters. The summed E-state index contributed by atoms with van der Waals surface area (Å²) < 4.78 is 80.0. The highest BCUT2D eigenvalue weighted by molar-refractivity contribution is 7.90. The van der Waals surface area contributed by atoms with Crippen LogP contribution >= 0.6 is 0 Å². The number of sulfone groups is 1. The van der Waals surface area contributed by atoms with E-state index in [0.29, 0.717) is 17.7 Å². The minimum absolute atomic E-state index is 0.125.